The fourth-order valence-corrected chi connectivity index (χ4v) is 6.11. The van der Waals surface area contributed by atoms with Gasteiger partial charge in [0.1, 0.15) is 16.3 Å². The van der Waals surface area contributed by atoms with Crippen molar-refractivity contribution in [3.05, 3.63) is 71.3 Å². The second-order valence-electron chi connectivity index (χ2n) is 8.92. The number of aromatic nitrogens is 3. The molecule has 3 aliphatic rings. The Morgan fingerprint density at radius 2 is 2.03 bits per heavy atom. The van der Waals surface area contributed by atoms with E-state index in [1.165, 1.54) is 7.11 Å². The molecule has 8 nitrogen and oxygen atoms in total. The van der Waals surface area contributed by atoms with Crippen molar-refractivity contribution in [1.29, 1.82) is 0 Å². The molecule has 2 bridgehead atoms. The van der Waals surface area contributed by atoms with Gasteiger partial charge in [0.05, 0.1) is 13.7 Å². The Labute approximate surface area is 193 Å². The summed E-state index contributed by atoms with van der Waals surface area (Å²) >= 11 is 0. The summed E-state index contributed by atoms with van der Waals surface area (Å²) < 4.78 is 35.6. The van der Waals surface area contributed by atoms with E-state index >= 15 is 0 Å². The molecule has 1 amide bonds. The highest BCUT2D eigenvalue weighted by molar-refractivity contribution is 7.90. The fourth-order valence-electron chi connectivity index (χ4n) is 4.95. The average molecular weight is 467 g/mol. The quantitative estimate of drug-likeness (QED) is 0.547. The van der Waals surface area contributed by atoms with Crippen LogP contribution in [-0.4, -0.2) is 36.2 Å². The number of hydrogen-bond donors (Lipinski definition) is 1. The van der Waals surface area contributed by atoms with Crippen molar-refractivity contribution in [3.63, 3.8) is 0 Å². The molecule has 0 unspecified atom stereocenters. The van der Waals surface area contributed by atoms with Gasteiger partial charge < -0.3 is 4.74 Å². The first-order valence-corrected chi connectivity index (χ1v) is 12.5. The normalized spacial score (nSPS) is 21.1. The van der Waals surface area contributed by atoms with Gasteiger partial charge in [-0.05, 0) is 72.4 Å². The number of sulfonamides is 1. The van der Waals surface area contributed by atoms with Gasteiger partial charge in [0.2, 0.25) is 0 Å². The summed E-state index contributed by atoms with van der Waals surface area (Å²) in [6, 6.07) is 10.4. The third kappa shape index (κ3) is 3.80. The number of carbonyl (C=O) groups excluding carboxylic acids is 1. The lowest BCUT2D eigenvalue weighted by molar-refractivity contribution is -0.0275. The molecule has 6 rings (SSSR count). The Balaban J connectivity index is 1.39. The van der Waals surface area contributed by atoms with E-state index in [4.69, 9.17) is 4.74 Å². The van der Waals surface area contributed by atoms with E-state index in [1.54, 1.807) is 35.1 Å². The molecule has 0 saturated heterocycles. The van der Waals surface area contributed by atoms with Crippen LogP contribution in [0.1, 0.15) is 53.5 Å². The minimum atomic E-state index is -4.15. The summed E-state index contributed by atoms with van der Waals surface area (Å²) in [6.45, 7) is 2.46. The molecular formula is C24H26N4O4S. The van der Waals surface area contributed by atoms with Crippen LogP contribution in [0.3, 0.4) is 0 Å². The maximum Gasteiger partial charge on any atom is 0.283 e. The Morgan fingerprint density at radius 1 is 1.24 bits per heavy atom. The van der Waals surface area contributed by atoms with Gasteiger partial charge in [-0.1, -0.05) is 19.1 Å². The molecule has 172 valence electrons. The third-order valence-corrected chi connectivity index (χ3v) is 8.21. The average Bonchev–Trinajstić information content (AvgIpc) is 3.24. The number of pyridine rings is 1. The van der Waals surface area contributed by atoms with Gasteiger partial charge in [0.25, 0.3) is 15.9 Å². The van der Waals surface area contributed by atoms with Gasteiger partial charge in [0.15, 0.2) is 0 Å². The van der Waals surface area contributed by atoms with E-state index in [1.807, 2.05) is 25.3 Å². The van der Waals surface area contributed by atoms with Crippen molar-refractivity contribution in [3.8, 4) is 5.75 Å². The van der Waals surface area contributed by atoms with Gasteiger partial charge in [0, 0.05) is 18.1 Å². The highest BCUT2D eigenvalue weighted by Crippen LogP contribution is 2.65. The molecule has 0 atom stereocenters. The summed E-state index contributed by atoms with van der Waals surface area (Å²) in [6.07, 6.45) is 7.44. The predicted octanol–water partition coefficient (Wildman–Crippen LogP) is 3.07. The lowest BCUT2D eigenvalue weighted by Gasteiger charge is -2.62. The number of nitrogens with zero attached hydrogens (tertiary/aromatic N) is 3. The summed E-state index contributed by atoms with van der Waals surface area (Å²) in [5.41, 5.74) is 2.78. The summed E-state index contributed by atoms with van der Waals surface area (Å²) in [5.74, 6) is 0.206. The Kier molecular flexibility index (Phi) is 5.23. The Hall–Kier alpha value is -3.20. The van der Waals surface area contributed by atoms with Crippen LogP contribution in [0.4, 0.5) is 0 Å². The van der Waals surface area contributed by atoms with Crippen molar-refractivity contribution < 1.29 is 17.9 Å². The number of carbonyl (C=O) groups is 1. The number of rotatable bonds is 8. The second-order valence-corrected chi connectivity index (χ2v) is 10.6. The molecule has 0 aliphatic heterocycles. The standard InChI is InChI=1S/C24H26N4O4S/c1-3-19-17(15-28-10-4-9-25-28)5-7-20(26-19)23(29)27-33(30,31)22-11-18(6-8-21(22)32-2)24-12-16(13-24)14-24/h4-11,16H,3,12-15H2,1-2H3,(H,27,29). The molecule has 2 aromatic heterocycles. The Bertz CT molecular complexity index is 1300. The van der Waals surface area contributed by atoms with E-state index in [2.05, 4.69) is 14.8 Å². The number of ether oxygens (including phenoxy) is 1. The van der Waals surface area contributed by atoms with Crippen LogP contribution in [0.25, 0.3) is 0 Å². The molecule has 1 aromatic carbocycles. The molecule has 33 heavy (non-hydrogen) atoms. The van der Waals surface area contributed by atoms with E-state index in [9.17, 15) is 13.2 Å². The highest BCUT2D eigenvalue weighted by Gasteiger charge is 2.57. The molecule has 3 saturated carbocycles. The van der Waals surface area contributed by atoms with Gasteiger partial charge >= 0.3 is 0 Å². The predicted molar refractivity (Wildman–Crippen MR) is 122 cm³/mol. The molecule has 1 N–H and O–H groups in total. The first kappa shape index (κ1) is 21.6. The number of nitrogens with one attached hydrogen (secondary N) is 1. The van der Waals surface area contributed by atoms with Crippen molar-refractivity contribution in [1.82, 2.24) is 19.5 Å². The van der Waals surface area contributed by atoms with Crippen LogP contribution in [0.15, 0.2) is 53.7 Å². The molecule has 3 aromatic rings. The summed E-state index contributed by atoms with van der Waals surface area (Å²) in [4.78, 5) is 17.3. The number of methoxy groups -OCH3 is 1. The zero-order chi connectivity index (χ0) is 23.2. The zero-order valence-electron chi connectivity index (χ0n) is 18.6. The summed E-state index contributed by atoms with van der Waals surface area (Å²) in [7, 11) is -2.73. The molecule has 0 spiro atoms. The summed E-state index contributed by atoms with van der Waals surface area (Å²) in [5, 5.41) is 4.20. The van der Waals surface area contributed by atoms with Crippen molar-refractivity contribution in [2.75, 3.05) is 7.11 Å². The molecule has 3 aliphatic carbocycles. The van der Waals surface area contributed by atoms with Crippen molar-refractivity contribution >= 4 is 15.9 Å². The fraction of sp³-hybridized carbons (Fsp3) is 0.375. The molecular weight excluding hydrogens is 440 g/mol. The first-order chi connectivity index (χ1) is 15.8. The lowest BCUT2D eigenvalue weighted by Crippen LogP contribution is -2.55. The van der Waals surface area contributed by atoms with E-state index in [0.29, 0.717) is 13.0 Å². The maximum absolute atomic E-state index is 13.2. The monoisotopic (exact) mass is 466 g/mol. The number of amides is 1. The number of aryl methyl sites for hydroxylation is 1. The van der Waals surface area contributed by atoms with E-state index in [-0.39, 0.29) is 21.8 Å². The maximum atomic E-state index is 13.2. The van der Waals surface area contributed by atoms with Crippen LogP contribution in [0.5, 0.6) is 5.75 Å². The van der Waals surface area contributed by atoms with Gasteiger partial charge in [-0.3, -0.25) is 9.48 Å². The smallest absolute Gasteiger partial charge is 0.283 e. The lowest BCUT2D eigenvalue weighted by atomic mass is 9.42. The van der Waals surface area contributed by atoms with Crippen molar-refractivity contribution in [2.24, 2.45) is 5.92 Å². The van der Waals surface area contributed by atoms with Crippen molar-refractivity contribution in [2.45, 2.75) is 49.5 Å². The van der Waals surface area contributed by atoms with E-state index < -0.39 is 15.9 Å². The van der Waals surface area contributed by atoms with Crippen LogP contribution < -0.4 is 9.46 Å². The number of benzene rings is 1. The zero-order valence-corrected chi connectivity index (χ0v) is 19.4. The van der Waals surface area contributed by atoms with Gasteiger partial charge in [-0.15, -0.1) is 0 Å². The third-order valence-electron chi connectivity index (χ3n) is 6.86. The Morgan fingerprint density at radius 3 is 2.64 bits per heavy atom. The minimum absolute atomic E-state index is 0.0217. The molecule has 3 fully saturated rings. The topological polar surface area (TPSA) is 103 Å². The molecule has 9 heteroatoms. The highest BCUT2D eigenvalue weighted by atomic mass is 32.2. The van der Waals surface area contributed by atoms with Crippen LogP contribution in [0, 0.1) is 5.92 Å². The van der Waals surface area contributed by atoms with Crippen LogP contribution in [-0.2, 0) is 28.4 Å². The van der Waals surface area contributed by atoms with E-state index in [0.717, 1.165) is 42.0 Å². The second kappa shape index (κ2) is 7.98. The SMILES string of the molecule is CCc1nc(C(=O)NS(=O)(=O)c2cc(C34CC(C3)C4)ccc2OC)ccc1Cn1cccn1. The number of hydrogen-bond acceptors (Lipinski definition) is 6. The largest absolute Gasteiger partial charge is 0.495 e. The van der Waals surface area contributed by atoms with Crippen LogP contribution >= 0.6 is 0 Å². The van der Waals surface area contributed by atoms with Crippen LogP contribution in [0.2, 0.25) is 0 Å². The molecule has 2 heterocycles. The molecule has 0 radical (unpaired) electrons. The van der Waals surface area contributed by atoms with Gasteiger partial charge in [-0.2, -0.15) is 5.10 Å². The van der Waals surface area contributed by atoms with Gasteiger partial charge in [-0.25, -0.2) is 18.1 Å². The first-order valence-electron chi connectivity index (χ1n) is 11.1. The minimum Gasteiger partial charge on any atom is -0.495 e.